The molecule has 176 valence electrons. The zero-order valence-corrected chi connectivity index (χ0v) is 20.2. The molecule has 0 saturated carbocycles. The molecule has 1 N–H and O–H groups in total. The van der Waals surface area contributed by atoms with Gasteiger partial charge in [0.2, 0.25) is 0 Å². The summed E-state index contributed by atoms with van der Waals surface area (Å²) in [5.74, 6) is -2.37. The number of anilines is 2. The van der Waals surface area contributed by atoms with E-state index >= 15 is 0 Å². The smallest absolute Gasteiger partial charge is 0.323 e. The van der Waals surface area contributed by atoms with Crippen LogP contribution in [0.15, 0.2) is 64.3 Å². The topological polar surface area (TPSA) is 105 Å². The van der Waals surface area contributed by atoms with Crippen molar-refractivity contribution in [2.45, 2.75) is 6.92 Å². The summed E-state index contributed by atoms with van der Waals surface area (Å²) in [6.07, 6.45) is 0. The van der Waals surface area contributed by atoms with Crippen LogP contribution in [-0.4, -0.2) is 43.1 Å². The molecule has 0 unspecified atom stereocenters. The number of carboxylic acids is 1. The summed E-state index contributed by atoms with van der Waals surface area (Å²) in [7, 11) is 1.71. The second-order valence-electron chi connectivity index (χ2n) is 7.92. The average molecular weight is 507 g/mol. The van der Waals surface area contributed by atoms with E-state index in [-0.39, 0.29) is 20.5 Å². The molecule has 0 bridgehead atoms. The van der Waals surface area contributed by atoms with Crippen molar-refractivity contribution in [2.24, 2.45) is 7.05 Å². The van der Waals surface area contributed by atoms with Crippen LogP contribution in [0.5, 0.6) is 0 Å². The zero-order valence-electron chi connectivity index (χ0n) is 18.6. The minimum atomic E-state index is -1.18. The molecular weight excluding hydrogens is 488 g/mol. The summed E-state index contributed by atoms with van der Waals surface area (Å²) in [6, 6.07) is 15.7. The minimum absolute atomic E-state index is 0.0641. The van der Waals surface area contributed by atoms with Gasteiger partial charge in [-0.1, -0.05) is 60.4 Å². The number of rotatable bonds is 4. The van der Waals surface area contributed by atoms with Crippen molar-refractivity contribution in [1.82, 2.24) is 9.36 Å². The molecule has 2 aliphatic heterocycles. The Morgan fingerprint density at radius 2 is 1.66 bits per heavy atom. The first-order valence-corrected chi connectivity index (χ1v) is 11.7. The number of aromatic nitrogens is 2. The van der Waals surface area contributed by atoms with E-state index in [0.717, 1.165) is 21.6 Å². The fourth-order valence-electron chi connectivity index (χ4n) is 4.32. The molecule has 3 heterocycles. The first kappa shape index (κ1) is 22.8. The number of thiocarbonyl (C=S) groups is 1. The normalized spacial score (nSPS) is 17.5. The molecule has 0 atom stereocenters. The highest BCUT2D eigenvalue weighted by Crippen LogP contribution is 2.45. The highest BCUT2D eigenvalue weighted by Gasteiger charge is 2.44. The molecule has 3 aromatic rings. The molecule has 0 spiro atoms. The van der Waals surface area contributed by atoms with Crippen molar-refractivity contribution in [2.75, 3.05) is 16.3 Å². The van der Waals surface area contributed by atoms with Crippen LogP contribution in [0.3, 0.4) is 0 Å². The van der Waals surface area contributed by atoms with Gasteiger partial charge < -0.3 is 5.11 Å². The van der Waals surface area contributed by atoms with Gasteiger partial charge in [0.25, 0.3) is 17.4 Å². The highest BCUT2D eigenvalue weighted by atomic mass is 32.2. The summed E-state index contributed by atoms with van der Waals surface area (Å²) in [4.78, 5) is 54.1. The monoisotopic (exact) mass is 506 g/mol. The lowest BCUT2D eigenvalue weighted by Crippen LogP contribution is -2.34. The molecule has 11 heteroatoms. The molecule has 2 amide bonds. The maximum Gasteiger partial charge on any atom is 0.323 e. The number of carbonyl (C=O) groups is 3. The Hall–Kier alpha value is -3.96. The van der Waals surface area contributed by atoms with Crippen LogP contribution in [0.2, 0.25) is 0 Å². The fourth-order valence-corrected chi connectivity index (χ4v) is 5.66. The molecule has 2 aliphatic rings. The molecule has 5 rings (SSSR count). The number of fused-ring (bicyclic) bond motifs is 1. The van der Waals surface area contributed by atoms with E-state index in [0.29, 0.717) is 22.6 Å². The van der Waals surface area contributed by atoms with Crippen LogP contribution in [0.4, 0.5) is 11.4 Å². The molecule has 0 aliphatic carbocycles. The van der Waals surface area contributed by atoms with Gasteiger partial charge in [-0.05, 0) is 25.1 Å². The summed E-state index contributed by atoms with van der Waals surface area (Å²) < 4.78 is 3.20. The number of amides is 2. The predicted octanol–water partition coefficient (Wildman–Crippen LogP) is 2.69. The quantitative estimate of drug-likeness (QED) is 0.429. The van der Waals surface area contributed by atoms with Crippen LogP contribution in [0, 0.1) is 6.92 Å². The van der Waals surface area contributed by atoms with E-state index in [2.05, 4.69) is 0 Å². The first-order chi connectivity index (χ1) is 16.7. The van der Waals surface area contributed by atoms with Crippen molar-refractivity contribution < 1.29 is 19.5 Å². The van der Waals surface area contributed by atoms with Gasteiger partial charge in [0.15, 0.2) is 4.32 Å². The van der Waals surface area contributed by atoms with Crippen LogP contribution < -0.4 is 15.4 Å². The molecule has 9 nitrogen and oxygen atoms in total. The number of aliphatic carboxylic acids is 1. The first-order valence-electron chi connectivity index (χ1n) is 10.5. The third-order valence-electron chi connectivity index (χ3n) is 5.96. The number of carboxylic acid groups (broad SMARTS) is 1. The van der Waals surface area contributed by atoms with E-state index in [1.54, 1.807) is 67.2 Å². The minimum Gasteiger partial charge on any atom is -0.480 e. The van der Waals surface area contributed by atoms with Crippen LogP contribution in [0.1, 0.15) is 11.3 Å². The molecule has 0 radical (unpaired) electrons. The van der Waals surface area contributed by atoms with E-state index in [4.69, 9.17) is 12.2 Å². The summed E-state index contributed by atoms with van der Waals surface area (Å²) in [6.45, 7) is 1.17. The van der Waals surface area contributed by atoms with Gasteiger partial charge >= 0.3 is 5.97 Å². The van der Waals surface area contributed by atoms with Crippen LogP contribution >= 0.6 is 24.0 Å². The van der Waals surface area contributed by atoms with Crippen LogP contribution in [0.25, 0.3) is 11.3 Å². The maximum absolute atomic E-state index is 13.7. The lowest BCUT2D eigenvalue weighted by atomic mass is 10.1. The number of hydrogen-bond acceptors (Lipinski definition) is 6. The van der Waals surface area contributed by atoms with Gasteiger partial charge in [-0.25, -0.2) is 4.68 Å². The Kier molecular flexibility index (Phi) is 5.45. The van der Waals surface area contributed by atoms with Gasteiger partial charge in [-0.15, -0.1) is 0 Å². The number of thioether (sulfide) groups is 1. The Morgan fingerprint density at radius 3 is 2.34 bits per heavy atom. The number of para-hydroxylation sites is 2. The van der Waals surface area contributed by atoms with Crippen molar-refractivity contribution in [3.63, 3.8) is 0 Å². The van der Waals surface area contributed by atoms with Gasteiger partial charge in [-0.2, -0.15) is 0 Å². The van der Waals surface area contributed by atoms with Gasteiger partial charge in [0.1, 0.15) is 12.2 Å². The molecule has 1 aromatic heterocycles. The second kappa shape index (κ2) is 8.36. The molecule has 1 saturated heterocycles. The predicted molar refractivity (Wildman–Crippen MR) is 137 cm³/mol. The zero-order chi connectivity index (χ0) is 25.0. The molecule has 35 heavy (non-hydrogen) atoms. The van der Waals surface area contributed by atoms with E-state index < -0.39 is 29.9 Å². The lowest BCUT2D eigenvalue weighted by molar-refractivity contribution is -0.136. The fraction of sp³-hybridized carbons (Fsp3) is 0.125. The standard InChI is InChI=1S/C24H18N4O5S2/c1-13-19(22(32)28(25(13)2)14-8-4-3-5-9-14)27-23(33)20(35-24(27)34)18-15-10-6-7-11-16(15)26(21(18)31)12-17(29)30/h3-11H,12H2,1-2H3,(H,29,30)/b20-18-. The number of nitrogens with zero attached hydrogens (tertiary/aromatic N) is 4. The van der Waals surface area contributed by atoms with Gasteiger partial charge in [0, 0.05) is 12.6 Å². The van der Waals surface area contributed by atoms with E-state index in [9.17, 15) is 24.3 Å². The summed E-state index contributed by atoms with van der Waals surface area (Å²) in [5.41, 5.74) is 1.77. The van der Waals surface area contributed by atoms with E-state index in [1.165, 1.54) is 4.68 Å². The summed E-state index contributed by atoms with van der Waals surface area (Å²) >= 11 is 6.42. The maximum atomic E-state index is 13.7. The van der Waals surface area contributed by atoms with Crippen molar-refractivity contribution in [3.8, 4) is 5.69 Å². The Morgan fingerprint density at radius 1 is 1.00 bits per heavy atom. The average Bonchev–Trinajstić information content (AvgIpc) is 3.35. The third kappa shape index (κ3) is 3.43. The Balaban J connectivity index is 1.65. The SMILES string of the molecule is Cc1c(N2C(=O)/C(=C3/C(=O)N(CC(=O)O)c4ccccc43)SC2=S)c(=O)n(-c2ccccc2)n1C. The molecule has 2 aromatic carbocycles. The lowest BCUT2D eigenvalue weighted by Gasteiger charge is -2.14. The number of hydrogen-bond donors (Lipinski definition) is 1. The van der Waals surface area contributed by atoms with Crippen molar-refractivity contribution in [1.29, 1.82) is 0 Å². The van der Waals surface area contributed by atoms with Gasteiger partial charge in [0.05, 0.1) is 27.5 Å². The highest BCUT2D eigenvalue weighted by molar-refractivity contribution is 8.27. The van der Waals surface area contributed by atoms with E-state index in [1.807, 2.05) is 6.07 Å². The molecular formula is C24H18N4O5S2. The van der Waals surface area contributed by atoms with Crippen molar-refractivity contribution >= 4 is 63.0 Å². The van der Waals surface area contributed by atoms with Crippen molar-refractivity contribution in [3.05, 3.63) is 81.1 Å². The van der Waals surface area contributed by atoms with Crippen LogP contribution in [-0.2, 0) is 21.4 Å². The number of carbonyl (C=O) groups excluding carboxylic acids is 2. The Bertz CT molecular complexity index is 1540. The largest absolute Gasteiger partial charge is 0.480 e. The third-order valence-corrected chi connectivity index (χ3v) is 7.33. The number of benzene rings is 2. The Labute approximate surface area is 208 Å². The second-order valence-corrected chi connectivity index (χ2v) is 9.57. The van der Waals surface area contributed by atoms with Gasteiger partial charge in [-0.3, -0.25) is 33.7 Å². The summed E-state index contributed by atoms with van der Waals surface area (Å²) in [5, 5.41) is 9.29. The molecule has 1 fully saturated rings.